The average molecular weight is 410 g/mol. The molecular formula is C24H31N3O3. The number of ether oxygens (including phenoxy) is 2. The van der Waals surface area contributed by atoms with E-state index in [9.17, 15) is 4.79 Å². The Morgan fingerprint density at radius 2 is 1.90 bits per heavy atom. The van der Waals surface area contributed by atoms with Gasteiger partial charge in [0, 0.05) is 51.0 Å². The maximum Gasteiger partial charge on any atom is 0.251 e. The molecule has 1 saturated heterocycles. The summed E-state index contributed by atoms with van der Waals surface area (Å²) in [6.45, 7) is 5.92. The largest absolute Gasteiger partial charge is 0.497 e. The minimum Gasteiger partial charge on any atom is -0.497 e. The normalized spacial score (nSPS) is 19.3. The first-order chi connectivity index (χ1) is 14.7. The van der Waals surface area contributed by atoms with Gasteiger partial charge in [-0.25, -0.2) is 0 Å². The van der Waals surface area contributed by atoms with E-state index in [-0.39, 0.29) is 12.0 Å². The number of piperazine rings is 1. The van der Waals surface area contributed by atoms with Crippen LogP contribution in [-0.4, -0.2) is 64.3 Å². The number of fused-ring (bicyclic) bond motifs is 1. The summed E-state index contributed by atoms with van der Waals surface area (Å²) in [5, 5.41) is 2.70. The number of hydrogen-bond donors (Lipinski definition) is 1. The van der Waals surface area contributed by atoms with Gasteiger partial charge in [0.1, 0.15) is 5.75 Å². The van der Waals surface area contributed by atoms with Crippen LogP contribution in [0.5, 0.6) is 5.75 Å². The molecule has 0 bridgehead atoms. The van der Waals surface area contributed by atoms with Crippen molar-refractivity contribution in [2.75, 3.05) is 58.4 Å². The molecule has 1 atom stereocenters. The van der Waals surface area contributed by atoms with Crippen LogP contribution in [0.1, 0.15) is 34.0 Å². The third kappa shape index (κ3) is 4.60. The first-order valence-corrected chi connectivity index (χ1v) is 10.8. The van der Waals surface area contributed by atoms with Gasteiger partial charge in [0.25, 0.3) is 5.91 Å². The van der Waals surface area contributed by atoms with Crippen molar-refractivity contribution in [3.8, 4) is 5.75 Å². The third-order valence-electron chi connectivity index (χ3n) is 6.19. The summed E-state index contributed by atoms with van der Waals surface area (Å²) in [5.74, 6) is 0.864. The van der Waals surface area contributed by atoms with Gasteiger partial charge in [0.2, 0.25) is 0 Å². The molecule has 6 nitrogen and oxygen atoms in total. The molecule has 1 N–H and O–H groups in total. The van der Waals surface area contributed by atoms with Crippen molar-refractivity contribution in [3.05, 3.63) is 59.2 Å². The highest BCUT2D eigenvalue weighted by Gasteiger charge is 2.24. The number of methoxy groups -OCH3 is 1. The van der Waals surface area contributed by atoms with Crippen LogP contribution in [0.25, 0.3) is 0 Å². The Labute approximate surface area is 178 Å². The number of nitrogens with zero attached hydrogens (tertiary/aromatic N) is 2. The van der Waals surface area contributed by atoms with Crippen LogP contribution in [-0.2, 0) is 11.2 Å². The highest BCUT2D eigenvalue weighted by atomic mass is 16.5. The summed E-state index contributed by atoms with van der Waals surface area (Å²) in [7, 11) is 3.37. The molecule has 30 heavy (non-hydrogen) atoms. The van der Waals surface area contributed by atoms with Gasteiger partial charge in [-0.15, -0.1) is 0 Å². The summed E-state index contributed by atoms with van der Waals surface area (Å²) in [6, 6.07) is 14.3. The number of nitrogens with one attached hydrogen (secondary N) is 1. The van der Waals surface area contributed by atoms with Crippen molar-refractivity contribution in [1.29, 1.82) is 0 Å². The van der Waals surface area contributed by atoms with E-state index in [0.717, 1.165) is 63.5 Å². The van der Waals surface area contributed by atoms with Crippen LogP contribution >= 0.6 is 0 Å². The lowest BCUT2D eigenvalue weighted by Gasteiger charge is -2.37. The molecule has 2 heterocycles. The lowest BCUT2D eigenvalue weighted by molar-refractivity contribution is 0.0288. The summed E-state index contributed by atoms with van der Waals surface area (Å²) < 4.78 is 11.3. The van der Waals surface area contributed by atoms with Gasteiger partial charge < -0.3 is 19.7 Å². The van der Waals surface area contributed by atoms with Gasteiger partial charge in [-0.05, 0) is 60.4 Å². The molecule has 0 radical (unpaired) electrons. The molecular weight excluding hydrogens is 378 g/mol. The number of amides is 1. The van der Waals surface area contributed by atoms with Crippen molar-refractivity contribution in [1.82, 2.24) is 10.2 Å². The van der Waals surface area contributed by atoms with Gasteiger partial charge in [-0.1, -0.05) is 6.07 Å². The maximum atomic E-state index is 11.9. The fraction of sp³-hybridized carbons (Fsp3) is 0.458. The second-order valence-corrected chi connectivity index (χ2v) is 7.92. The van der Waals surface area contributed by atoms with E-state index in [0.29, 0.717) is 0 Å². The van der Waals surface area contributed by atoms with Gasteiger partial charge >= 0.3 is 0 Å². The van der Waals surface area contributed by atoms with Crippen molar-refractivity contribution in [3.63, 3.8) is 0 Å². The minimum absolute atomic E-state index is 0.0319. The van der Waals surface area contributed by atoms with E-state index in [1.807, 2.05) is 24.3 Å². The van der Waals surface area contributed by atoms with Crippen molar-refractivity contribution in [2.24, 2.45) is 0 Å². The van der Waals surface area contributed by atoms with E-state index in [2.05, 4.69) is 33.3 Å². The summed E-state index contributed by atoms with van der Waals surface area (Å²) in [6.07, 6.45) is 1.97. The van der Waals surface area contributed by atoms with Crippen LogP contribution in [0, 0.1) is 0 Å². The predicted molar refractivity (Wildman–Crippen MR) is 118 cm³/mol. The van der Waals surface area contributed by atoms with Gasteiger partial charge in [-0.3, -0.25) is 9.69 Å². The van der Waals surface area contributed by atoms with E-state index >= 15 is 0 Å². The van der Waals surface area contributed by atoms with Crippen LogP contribution < -0.4 is 15.0 Å². The van der Waals surface area contributed by atoms with Crippen molar-refractivity contribution < 1.29 is 14.3 Å². The molecule has 0 aromatic heterocycles. The number of hydrogen-bond acceptors (Lipinski definition) is 5. The highest BCUT2D eigenvalue weighted by molar-refractivity contribution is 5.94. The Balaban J connectivity index is 1.30. The Hall–Kier alpha value is -2.57. The molecule has 6 heteroatoms. The van der Waals surface area contributed by atoms with Gasteiger partial charge in [0.05, 0.1) is 19.8 Å². The minimum atomic E-state index is -0.0319. The molecule has 0 aliphatic carbocycles. The molecule has 0 unspecified atom stereocenters. The van der Waals surface area contributed by atoms with E-state index in [1.165, 1.54) is 16.8 Å². The topological polar surface area (TPSA) is 54.0 Å². The molecule has 0 spiro atoms. The SMILES string of the molecule is CNC(=O)c1ccc2c(c1)CCO[C@@H]2CCN1CCN(c2ccc(OC)cc2)CC1. The molecule has 1 amide bonds. The Morgan fingerprint density at radius 3 is 2.60 bits per heavy atom. The molecule has 0 saturated carbocycles. The summed E-state index contributed by atoms with van der Waals surface area (Å²) in [4.78, 5) is 16.9. The first-order valence-electron chi connectivity index (χ1n) is 10.8. The number of anilines is 1. The quantitative estimate of drug-likeness (QED) is 0.795. The third-order valence-corrected chi connectivity index (χ3v) is 6.19. The fourth-order valence-corrected chi connectivity index (χ4v) is 4.38. The van der Waals surface area contributed by atoms with Gasteiger partial charge in [-0.2, -0.15) is 0 Å². The van der Waals surface area contributed by atoms with Crippen LogP contribution in [0.3, 0.4) is 0 Å². The summed E-state index contributed by atoms with van der Waals surface area (Å²) in [5.41, 5.74) is 4.47. The number of carbonyl (C=O) groups is 1. The van der Waals surface area contributed by atoms with E-state index < -0.39 is 0 Å². The highest BCUT2D eigenvalue weighted by Crippen LogP contribution is 2.31. The maximum absolute atomic E-state index is 11.9. The first kappa shape index (κ1) is 20.7. The Bertz CT molecular complexity index is 860. The smallest absolute Gasteiger partial charge is 0.251 e. The zero-order valence-electron chi connectivity index (χ0n) is 17.9. The number of rotatable bonds is 6. The second kappa shape index (κ2) is 9.49. The van der Waals surface area contributed by atoms with Crippen LogP contribution in [0.15, 0.2) is 42.5 Å². The number of benzene rings is 2. The predicted octanol–water partition coefficient (Wildman–Crippen LogP) is 2.88. The molecule has 160 valence electrons. The van der Waals surface area contributed by atoms with Crippen molar-refractivity contribution in [2.45, 2.75) is 18.9 Å². The summed E-state index contributed by atoms with van der Waals surface area (Å²) >= 11 is 0. The standard InChI is InChI=1S/C24H31N3O3/c1-25-24(28)19-3-8-22-18(17-19)10-16-30-23(22)9-11-26-12-14-27(15-13-26)20-4-6-21(29-2)7-5-20/h3-8,17,23H,9-16H2,1-2H3,(H,25,28)/t23-/m1/s1. The van der Waals surface area contributed by atoms with E-state index in [1.54, 1.807) is 14.2 Å². The fourth-order valence-electron chi connectivity index (χ4n) is 4.38. The average Bonchev–Trinajstić information content (AvgIpc) is 2.82. The molecule has 2 aliphatic rings. The Morgan fingerprint density at radius 1 is 1.13 bits per heavy atom. The number of carbonyl (C=O) groups excluding carboxylic acids is 1. The van der Waals surface area contributed by atoms with Crippen LogP contribution in [0.4, 0.5) is 5.69 Å². The lowest BCUT2D eigenvalue weighted by Crippen LogP contribution is -2.46. The molecule has 2 aromatic rings. The van der Waals surface area contributed by atoms with Crippen LogP contribution in [0.2, 0.25) is 0 Å². The molecule has 4 rings (SSSR count). The second-order valence-electron chi connectivity index (χ2n) is 7.92. The zero-order chi connectivity index (χ0) is 20.9. The van der Waals surface area contributed by atoms with E-state index in [4.69, 9.17) is 9.47 Å². The zero-order valence-corrected chi connectivity index (χ0v) is 17.9. The monoisotopic (exact) mass is 409 g/mol. The Kier molecular flexibility index (Phi) is 6.55. The molecule has 1 fully saturated rings. The molecule has 2 aliphatic heterocycles. The van der Waals surface area contributed by atoms with Crippen molar-refractivity contribution >= 4 is 11.6 Å². The van der Waals surface area contributed by atoms with Gasteiger partial charge in [0.15, 0.2) is 0 Å². The lowest BCUT2D eigenvalue weighted by atomic mass is 9.93. The molecule has 2 aromatic carbocycles.